The molecule has 0 bridgehead atoms. The lowest BCUT2D eigenvalue weighted by Crippen LogP contribution is -2.43. The molecule has 5 heteroatoms. The van der Waals surface area contributed by atoms with Crippen molar-refractivity contribution in [3.8, 4) is 0 Å². The van der Waals surface area contributed by atoms with Crippen LogP contribution in [0.2, 0.25) is 0 Å². The molecule has 1 saturated carbocycles. The van der Waals surface area contributed by atoms with Gasteiger partial charge in [0.25, 0.3) is 0 Å². The highest BCUT2D eigenvalue weighted by molar-refractivity contribution is 7.99. The molecule has 0 aromatic heterocycles. The molecule has 0 atom stereocenters. The number of nitrogens with zero attached hydrogens (tertiary/aromatic N) is 1. The molecule has 18 heavy (non-hydrogen) atoms. The number of halogens is 1. The first-order valence-corrected chi connectivity index (χ1v) is 7.97. The molecule has 3 nitrogen and oxygen atoms in total. The van der Waals surface area contributed by atoms with Gasteiger partial charge in [0, 0.05) is 31.0 Å². The zero-order chi connectivity index (χ0) is 12.1. The average molecular weight is 293 g/mol. The highest BCUT2D eigenvalue weighted by atomic mass is 35.5. The summed E-state index contributed by atoms with van der Waals surface area (Å²) in [6, 6.07) is 0. The van der Waals surface area contributed by atoms with Gasteiger partial charge in [-0.15, -0.1) is 12.4 Å². The van der Waals surface area contributed by atoms with Gasteiger partial charge < -0.3 is 10.6 Å². The van der Waals surface area contributed by atoms with E-state index in [1.807, 2.05) is 16.7 Å². The van der Waals surface area contributed by atoms with Gasteiger partial charge in [0.2, 0.25) is 5.91 Å². The molecule has 2 fully saturated rings. The van der Waals surface area contributed by atoms with Crippen LogP contribution in [0, 0.1) is 5.41 Å². The van der Waals surface area contributed by atoms with Gasteiger partial charge in [0.15, 0.2) is 0 Å². The number of hydrogen-bond acceptors (Lipinski definition) is 3. The van der Waals surface area contributed by atoms with Gasteiger partial charge in [-0.25, -0.2) is 0 Å². The summed E-state index contributed by atoms with van der Waals surface area (Å²) in [5, 5.41) is 0. The fourth-order valence-electron chi connectivity index (χ4n) is 3.00. The summed E-state index contributed by atoms with van der Waals surface area (Å²) in [6.45, 7) is 2.55. The van der Waals surface area contributed by atoms with E-state index in [0.29, 0.717) is 18.9 Å². The lowest BCUT2D eigenvalue weighted by atomic mass is 9.71. The van der Waals surface area contributed by atoms with Gasteiger partial charge in [-0.05, 0) is 24.8 Å². The van der Waals surface area contributed by atoms with Crippen molar-refractivity contribution in [2.45, 2.75) is 38.5 Å². The van der Waals surface area contributed by atoms with E-state index in [4.69, 9.17) is 5.73 Å². The van der Waals surface area contributed by atoms with Crippen LogP contribution in [0.1, 0.15) is 38.5 Å². The lowest BCUT2D eigenvalue weighted by Gasteiger charge is -2.38. The average Bonchev–Trinajstić information content (AvgIpc) is 2.41. The first kappa shape index (κ1) is 16.1. The Morgan fingerprint density at radius 1 is 1.17 bits per heavy atom. The van der Waals surface area contributed by atoms with Crippen LogP contribution in [-0.4, -0.2) is 41.9 Å². The van der Waals surface area contributed by atoms with E-state index in [2.05, 4.69) is 0 Å². The fraction of sp³-hybridized carbons (Fsp3) is 0.923. The van der Waals surface area contributed by atoms with Crippen molar-refractivity contribution in [1.29, 1.82) is 0 Å². The zero-order valence-corrected chi connectivity index (χ0v) is 12.7. The number of rotatable bonds is 3. The molecule has 0 aromatic carbocycles. The van der Waals surface area contributed by atoms with E-state index in [0.717, 1.165) is 37.4 Å². The minimum absolute atomic E-state index is 0. The molecule has 0 spiro atoms. The van der Waals surface area contributed by atoms with Gasteiger partial charge in [-0.3, -0.25) is 4.79 Å². The van der Waals surface area contributed by atoms with Gasteiger partial charge in [0.05, 0.1) is 0 Å². The van der Waals surface area contributed by atoms with Crippen molar-refractivity contribution in [3.05, 3.63) is 0 Å². The van der Waals surface area contributed by atoms with Crippen LogP contribution in [0.4, 0.5) is 0 Å². The molecule has 2 aliphatic rings. The molecule has 1 saturated heterocycles. The monoisotopic (exact) mass is 292 g/mol. The van der Waals surface area contributed by atoms with Crippen LogP contribution in [0.25, 0.3) is 0 Å². The second-order valence-corrected chi connectivity index (χ2v) is 6.66. The summed E-state index contributed by atoms with van der Waals surface area (Å²) in [4.78, 5) is 14.3. The summed E-state index contributed by atoms with van der Waals surface area (Å²) in [5.41, 5.74) is 6.07. The second kappa shape index (κ2) is 7.61. The second-order valence-electron chi connectivity index (χ2n) is 5.43. The van der Waals surface area contributed by atoms with Crippen molar-refractivity contribution in [1.82, 2.24) is 4.90 Å². The standard InChI is InChI=1S/C13H24N2OS.ClH/c14-11-13(4-2-1-3-5-13)10-12(16)15-6-8-17-9-7-15;/h1-11,14H2;1H. The maximum Gasteiger partial charge on any atom is 0.223 e. The molecule has 1 aliphatic heterocycles. The van der Waals surface area contributed by atoms with E-state index in [1.165, 1.54) is 19.3 Å². The number of hydrogen-bond donors (Lipinski definition) is 1. The topological polar surface area (TPSA) is 46.3 Å². The fourth-order valence-corrected chi connectivity index (χ4v) is 3.90. The first-order chi connectivity index (χ1) is 8.26. The Labute approximate surface area is 121 Å². The summed E-state index contributed by atoms with van der Waals surface area (Å²) >= 11 is 1.95. The third kappa shape index (κ3) is 4.04. The molecule has 1 amide bonds. The molecule has 0 radical (unpaired) electrons. The van der Waals surface area contributed by atoms with Crippen LogP contribution < -0.4 is 5.73 Å². The Bertz CT molecular complexity index is 264. The van der Waals surface area contributed by atoms with E-state index in [1.54, 1.807) is 0 Å². The largest absolute Gasteiger partial charge is 0.341 e. The van der Waals surface area contributed by atoms with Gasteiger partial charge in [0.1, 0.15) is 0 Å². The van der Waals surface area contributed by atoms with Crippen molar-refractivity contribution in [2.75, 3.05) is 31.1 Å². The molecule has 2 rings (SSSR count). The van der Waals surface area contributed by atoms with E-state index in [-0.39, 0.29) is 17.8 Å². The molecule has 106 valence electrons. The molecular formula is C13H25ClN2OS. The van der Waals surface area contributed by atoms with Crippen molar-refractivity contribution < 1.29 is 4.79 Å². The number of amides is 1. The minimum atomic E-state index is 0. The number of nitrogens with two attached hydrogens (primary N) is 1. The normalized spacial score (nSPS) is 23.3. The number of carbonyl (C=O) groups is 1. The van der Waals surface area contributed by atoms with Crippen molar-refractivity contribution >= 4 is 30.1 Å². The van der Waals surface area contributed by atoms with Crippen molar-refractivity contribution in [2.24, 2.45) is 11.1 Å². The Morgan fingerprint density at radius 2 is 1.78 bits per heavy atom. The predicted molar refractivity (Wildman–Crippen MR) is 80.3 cm³/mol. The molecule has 0 aromatic rings. The predicted octanol–water partition coefficient (Wildman–Crippen LogP) is 2.28. The minimum Gasteiger partial charge on any atom is -0.341 e. The molecule has 1 heterocycles. The Balaban J connectivity index is 0.00000162. The van der Waals surface area contributed by atoms with Gasteiger partial charge in [-0.2, -0.15) is 11.8 Å². The number of carbonyl (C=O) groups excluding carboxylic acids is 1. The van der Waals surface area contributed by atoms with Crippen LogP contribution in [0.3, 0.4) is 0 Å². The Hall–Kier alpha value is 0.0700. The smallest absolute Gasteiger partial charge is 0.223 e. The maximum absolute atomic E-state index is 12.3. The van der Waals surface area contributed by atoms with E-state index in [9.17, 15) is 4.79 Å². The van der Waals surface area contributed by atoms with Crippen LogP contribution in [0.5, 0.6) is 0 Å². The Morgan fingerprint density at radius 3 is 2.33 bits per heavy atom. The number of thioether (sulfide) groups is 1. The molecular weight excluding hydrogens is 268 g/mol. The first-order valence-electron chi connectivity index (χ1n) is 6.81. The highest BCUT2D eigenvalue weighted by Crippen LogP contribution is 2.38. The SMILES string of the molecule is Cl.NCC1(CC(=O)N2CCSCC2)CCCCC1. The summed E-state index contributed by atoms with van der Waals surface area (Å²) in [6.07, 6.45) is 6.81. The quantitative estimate of drug-likeness (QED) is 0.868. The van der Waals surface area contributed by atoms with Gasteiger partial charge >= 0.3 is 0 Å². The lowest BCUT2D eigenvalue weighted by molar-refractivity contribution is -0.133. The van der Waals surface area contributed by atoms with Crippen LogP contribution in [-0.2, 0) is 4.79 Å². The van der Waals surface area contributed by atoms with Crippen LogP contribution >= 0.6 is 24.2 Å². The molecule has 2 N–H and O–H groups in total. The molecule has 0 unspecified atom stereocenters. The summed E-state index contributed by atoms with van der Waals surface area (Å²) < 4.78 is 0. The van der Waals surface area contributed by atoms with Crippen LogP contribution in [0.15, 0.2) is 0 Å². The highest BCUT2D eigenvalue weighted by Gasteiger charge is 2.34. The Kier molecular flexibility index (Phi) is 6.82. The summed E-state index contributed by atoms with van der Waals surface area (Å²) in [5.74, 6) is 2.54. The third-order valence-electron chi connectivity index (χ3n) is 4.24. The van der Waals surface area contributed by atoms with E-state index < -0.39 is 0 Å². The third-order valence-corrected chi connectivity index (χ3v) is 5.18. The zero-order valence-electron chi connectivity index (χ0n) is 11.0. The van der Waals surface area contributed by atoms with E-state index >= 15 is 0 Å². The van der Waals surface area contributed by atoms with Gasteiger partial charge in [-0.1, -0.05) is 19.3 Å². The summed E-state index contributed by atoms with van der Waals surface area (Å²) in [7, 11) is 0. The van der Waals surface area contributed by atoms with Crippen molar-refractivity contribution in [3.63, 3.8) is 0 Å². The molecule has 1 aliphatic carbocycles. The maximum atomic E-state index is 12.3.